The molecular weight excluding hydrogens is 296 g/mol. The Labute approximate surface area is 139 Å². The molecule has 1 unspecified atom stereocenters. The van der Waals surface area contributed by atoms with Crippen molar-refractivity contribution in [2.75, 3.05) is 60.7 Å². The molecule has 2 fully saturated rings. The number of aliphatic imine (C=N–C) groups is 1. The zero-order chi connectivity index (χ0) is 16.7. The van der Waals surface area contributed by atoms with Crippen LogP contribution in [0.1, 0.15) is 19.3 Å². The third-order valence-electron chi connectivity index (χ3n) is 4.41. The van der Waals surface area contributed by atoms with E-state index in [0.29, 0.717) is 12.0 Å². The van der Waals surface area contributed by atoms with Crippen molar-refractivity contribution in [2.24, 2.45) is 10.9 Å². The molecule has 2 saturated heterocycles. The molecule has 2 aliphatic heterocycles. The van der Waals surface area contributed by atoms with Gasteiger partial charge < -0.3 is 24.6 Å². The minimum atomic E-state index is 0.0175. The molecule has 1 atom stereocenters. The number of ether oxygens (including phenoxy) is 2. The average Bonchev–Trinajstić information content (AvgIpc) is 3.01. The van der Waals surface area contributed by atoms with E-state index in [-0.39, 0.29) is 12.5 Å². The van der Waals surface area contributed by atoms with Crippen LogP contribution >= 0.6 is 0 Å². The predicted octanol–water partition coefficient (Wildman–Crippen LogP) is 0.168. The predicted molar refractivity (Wildman–Crippen MR) is 89.5 cm³/mol. The van der Waals surface area contributed by atoms with Crippen molar-refractivity contribution in [1.29, 1.82) is 0 Å². The second-order valence-corrected chi connectivity index (χ2v) is 6.52. The zero-order valence-electron chi connectivity index (χ0n) is 14.6. The van der Waals surface area contributed by atoms with Gasteiger partial charge >= 0.3 is 0 Å². The number of rotatable bonds is 5. The molecule has 2 aliphatic rings. The van der Waals surface area contributed by atoms with Crippen LogP contribution in [-0.4, -0.2) is 88.4 Å². The summed E-state index contributed by atoms with van der Waals surface area (Å²) in [6, 6.07) is 0.374. The van der Waals surface area contributed by atoms with E-state index in [2.05, 4.69) is 15.2 Å². The van der Waals surface area contributed by atoms with E-state index in [1.165, 1.54) is 0 Å². The molecule has 132 valence electrons. The summed E-state index contributed by atoms with van der Waals surface area (Å²) in [5.41, 5.74) is 0. The van der Waals surface area contributed by atoms with Crippen molar-refractivity contribution >= 4 is 11.9 Å². The van der Waals surface area contributed by atoms with Gasteiger partial charge in [0.25, 0.3) is 0 Å². The van der Waals surface area contributed by atoms with Crippen molar-refractivity contribution in [3.05, 3.63) is 0 Å². The number of amides is 1. The van der Waals surface area contributed by atoms with Gasteiger partial charge in [-0.15, -0.1) is 0 Å². The number of carbonyl (C=O) groups is 1. The maximum atomic E-state index is 11.9. The quantitative estimate of drug-likeness (QED) is 0.576. The lowest BCUT2D eigenvalue weighted by molar-refractivity contribution is -0.127. The van der Waals surface area contributed by atoms with Gasteiger partial charge in [0.1, 0.15) is 6.54 Å². The van der Waals surface area contributed by atoms with Crippen LogP contribution in [0.15, 0.2) is 4.99 Å². The van der Waals surface area contributed by atoms with Crippen LogP contribution in [0.3, 0.4) is 0 Å². The third-order valence-corrected chi connectivity index (χ3v) is 4.41. The van der Waals surface area contributed by atoms with Crippen LogP contribution in [0, 0.1) is 5.92 Å². The number of hydrogen-bond acceptors (Lipinski definition) is 4. The number of nitrogens with one attached hydrogen (secondary N) is 1. The Hall–Kier alpha value is -1.34. The van der Waals surface area contributed by atoms with Gasteiger partial charge in [0.15, 0.2) is 5.96 Å². The first-order valence-corrected chi connectivity index (χ1v) is 8.43. The summed E-state index contributed by atoms with van der Waals surface area (Å²) < 4.78 is 10.7. The van der Waals surface area contributed by atoms with Crippen LogP contribution in [0.5, 0.6) is 0 Å². The fourth-order valence-corrected chi connectivity index (χ4v) is 2.94. The Morgan fingerprint density at radius 3 is 2.74 bits per heavy atom. The molecule has 2 heterocycles. The smallest absolute Gasteiger partial charge is 0.243 e. The number of likely N-dealkylation sites (tertiary alicyclic amines) is 1. The highest BCUT2D eigenvalue weighted by Crippen LogP contribution is 2.17. The molecule has 0 aromatic carbocycles. The molecule has 0 radical (unpaired) electrons. The second-order valence-electron chi connectivity index (χ2n) is 6.52. The van der Waals surface area contributed by atoms with Crippen molar-refractivity contribution in [3.63, 3.8) is 0 Å². The first-order valence-electron chi connectivity index (χ1n) is 8.43. The van der Waals surface area contributed by atoms with E-state index in [4.69, 9.17) is 9.47 Å². The van der Waals surface area contributed by atoms with Crippen LogP contribution in [0.4, 0.5) is 0 Å². The van der Waals surface area contributed by atoms with Crippen LogP contribution < -0.4 is 5.32 Å². The van der Waals surface area contributed by atoms with Crippen molar-refractivity contribution in [1.82, 2.24) is 15.1 Å². The number of guanidine groups is 1. The maximum absolute atomic E-state index is 11.9. The third kappa shape index (κ3) is 5.66. The molecule has 0 spiro atoms. The van der Waals surface area contributed by atoms with E-state index in [1.54, 1.807) is 26.1 Å². The summed E-state index contributed by atoms with van der Waals surface area (Å²) in [4.78, 5) is 20.3. The molecule has 0 aromatic rings. The monoisotopic (exact) mass is 326 g/mol. The van der Waals surface area contributed by atoms with Gasteiger partial charge in [-0.1, -0.05) is 0 Å². The van der Waals surface area contributed by atoms with Gasteiger partial charge in [0, 0.05) is 59.5 Å². The second kappa shape index (κ2) is 9.08. The molecular formula is C16H30N4O3. The highest BCUT2D eigenvalue weighted by molar-refractivity contribution is 5.85. The van der Waals surface area contributed by atoms with Gasteiger partial charge in [-0.05, 0) is 19.3 Å². The van der Waals surface area contributed by atoms with E-state index >= 15 is 0 Å². The van der Waals surface area contributed by atoms with Crippen LogP contribution in [0.25, 0.3) is 0 Å². The summed E-state index contributed by atoms with van der Waals surface area (Å²) in [5.74, 6) is 1.40. The fourth-order valence-electron chi connectivity index (χ4n) is 2.94. The summed E-state index contributed by atoms with van der Waals surface area (Å²) in [5, 5.41) is 3.54. The fraction of sp³-hybridized carbons (Fsp3) is 0.875. The van der Waals surface area contributed by atoms with Gasteiger partial charge in [0.2, 0.25) is 5.91 Å². The Morgan fingerprint density at radius 1 is 1.35 bits per heavy atom. The lowest BCUT2D eigenvalue weighted by atomic mass is 10.1. The van der Waals surface area contributed by atoms with E-state index in [1.807, 2.05) is 0 Å². The Morgan fingerprint density at radius 2 is 2.09 bits per heavy atom. The highest BCUT2D eigenvalue weighted by atomic mass is 16.5. The Bertz CT molecular complexity index is 408. The molecule has 7 nitrogen and oxygen atoms in total. The number of likely N-dealkylation sites (N-methyl/N-ethyl adjacent to an activating group) is 1. The molecule has 1 amide bonds. The first kappa shape index (κ1) is 18.0. The minimum Gasteiger partial charge on any atom is -0.384 e. The van der Waals surface area contributed by atoms with Crippen molar-refractivity contribution < 1.29 is 14.3 Å². The molecule has 1 N–H and O–H groups in total. The summed E-state index contributed by atoms with van der Waals surface area (Å²) in [7, 11) is 5.26. The standard InChI is InChI=1S/C16H30N4O3/c1-19(2)15(21)10-17-16(18-14-5-8-23-9-6-14)20-7-4-13(11-20)12-22-3/h13-14H,4-12H2,1-3H3,(H,17,18). The summed E-state index contributed by atoms with van der Waals surface area (Å²) in [6.45, 7) is 4.42. The summed E-state index contributed by atoms with van der Waals surface area (Å²) >= 11 is 0. The first-order chi connectivity index (χ1) is 11.1. The molecule has 23 heavy (non-hydrogen) atoms. The van der Waals surface area contributed by atoms with Crippen LogP contribution in [-0.2, 0) is 14.3 Å². The summed E-state index contributed by atoms with van der Waals surface area (Å²) in [6.07, 6.45) is 3.07. The SMILES string of the molecule is COCC1CCN(C(=NCC(=O)N(C)C)NC2CCOCC2)C1. The zero-order valence-corrected chi connectivity index (χ0v) is 14.6. The molecule has 7 heteroatoms. The van der Waals surface area contributed by atoms with Crippen molar-refractivity contribution in [2.45, 2.75) is 25.3 Å². The Kier molecular flexibility index (Phi) is 7.11. The van der Waals surface area contributed by atoms with Crippen molar-refractivity contribution in [3.8, 4) is 0 Å². The highest BCUT2D eigenvalue weighted by Gasteiger charge is 2.27. The van der Waals surface area contributed by atoms with E-state index in [0.717, 1.165) is 58.1 Å². The number of carbonyl (C=O) groups excluding carboxylic acids is 1. The van der Waals surface area contributed by atoms with E-state index < -0.39 is 0 Å². The lowest BCUT2D eigenvalue weighted by Crippen LogP contribution is -2.47. The van der Waals surface area contributed by atoms with Gasteiger partial charge in [0.05, 0.1) is 6.61 Å². The molecule has 0 aromatic heterocycles. The van der Waals surface area contributed by atoms with Gasteiger partial charge in [-0.3, -0.25) is 4.79 Å². The number of methoxy groups -OCH3 is 1. The van der Waals surface area contributed by atoms with Gasteiger partial charge in [-0.2, -0.15) is 0 Å². The molecule has 0 saturated carbocycles. The number of hydrogen-bond donors (Lipinski definition) is 1. The maximum Gasteiger partial charge on any atom is 0.243 e. The lowest BCUT2D eigenvalue weighted by Gasteiger charge is -2.29. The number of nitrogens with zero attached hydrogens (tertiary/aromatic N) is 3. The average molecular weight is 326 g/mol. The minimum absolute atomic E-state index is 0.0175. The largest absolute Gasteiger partial charge is 0.384 e. The van der Waals surface area contributed by atoms with Gasteiger partial charge in [-0.25, -0.2) is 4.99 Å². The topological polar surface area (TPSA) is 66.4 Å². The Balaban J connectivity index is 1.98. The molecule has 0 bridgehead atoms. The van der Waals surface area contributed by atoms with E-state index in [9.17, 15) is 4.79 Å². The molecule has 2 rings (SSSR count). The normalized spacial score (nSPS) is 23.2. The molecule has 0 aliphatic carbocycles. The van der Waals surface area contributed by atoms with Crippen LogP contribution in [0.2, 0.25) is 0 Å².